The van der Waals surface area contributed by atoms with Crippen LogP contribution < -0.4 is 10.6 Å². The molecule has 0 atom stereocenters. The van der Waals surface area contributed by atoms with Crippen LogP contribution in [0, 0.1) is 0 Å². The van der Waals surface area contributed by atoms with Crippen LogP contribution in [-0.2, 0) is 20.9 Å². The number of methoxy groups -OCH3 is 1. The number of rotatable bonds is 10. The molecule has 0 spiro atoms. The molecule has 32 heavy (non-hydrogen) atoms. The van der Waals surface area contributed by atoms with Gasteiger partial charge in [-0.3, -0.25) is 24.1 Å². The van der Waals surface area contributed by atoms with Crippen LogP contribution in [0.25, 0.3) is 0 Å². The lowest BCUT2D eigenvalue weighted by Gasteiger charge is -2.13. The van der Waals surface area contributed by atoms with E-state index >= 15 is 0 Å². The van der Waals surface area contributed by atoms with Crippen molar-refractivity contribution in [2.75, 3.05) is 37.1 Å². The molecule has 0 aromatic heterocycles. The van der Waals surface area contributed by atoms with Crippen LogP contribution >= 0.6 is 23.5 Å². The molecule has 3 rings (SSSR count). The molecule has 1 heterocycles. The van der Waals surface area contributed by atoms with E-state index in [2.05, 4.69) is 10.6 Å². The Labute approximate surface area is 194 Å². The Morgan fingerprint density at radius 3 is 2.56 bits per heavy atom. The minimum atomic E-state index is -0.290. The van der Waals surface area contributed by atoms with Crippen LogP contribution in [0.1, 0.15) is 15.9 Å². The smallest absolute Gasteiger partial charge is 0.289 e. The fraction of sp³-hybridized carbons (Fsp3) is 0.273. The molecule has 2 aromatic carbocycles. The topological polar surface area (TPSA) is 105 Å². The molecule has 0 aliphatic carbocycles. The molecule has 0 saturated carbocycles. The number of benzene rings is 2. The predicted molar refractivity (Wildman–Crippen MR) is 125 cm³/mol. The average molecular weight is 474 g/mol. The lowest BCUT2D eigenvalue weighted by Crippen LogP contribution is -2.28. The van der Waals surface area contributed by atoms with Crippen LogP contribution in [0.15, 0.2) is 53.4 Å². The van der Waals surface area contributed by atoms with Gasteiger partial charge >= 0.3 is 0 Å². The first kappa shape index (κ1) is 23.8. The number of anilines is 1. The second-order valence-electron chi connectivity index (χ2n) is 6.81. The fourth-order valence-corrected chi connectivity index (χ4v) is 4.48. The average Bonchev–Trinajstić information content (AvgIpc) is 3.11. The Balaban J connectivity index is 1.58. The van der Waals surface area contributed by atoms with Gasteiger partial charge in [0.15, 0.2) is 0 Å². The van der Waals surface area contributed by atoms with Gasteiger partial charge in [0.1, 0.15) is 0 Å². The van der Waals surface area contributed by atoms with Gasteiger partial charge < -0.3 is 15.4 Å². The largest absolute Gasteiger partial charge is 0.383 e. The molecule has 0 unspecified atom stereocenters. The lowest BCUT2D eigenvalue weighted by atomic mass is 10.1. The van der Waals surface area contributed by atoms with E-state index in [4.69, 9.17) is 4.74 Å². The first-order chi connectivity index (χ1) is 15.5. The molecule has 168 valence electrons. The standard InChI is InChI=1S/C22H23N3O5S2/c1-30-11-10-23-19(26)13-31-18-5-3-2-4-17(18)21(28)24-16-8-6-15(7-9-16)12-25-20(27)14-32-22(25)29/h2-9H,10-14H2,1H3,(H,23,26)(H,24,28). The highest BCUT2D eigenvalue weighted by Crippen LogP contribution is 2.24. The van der Waals surface area contributed by atoms with Gasteiger partial charge in [-0.25, -0.2) is 0 Å². The number of amides is 4. The molecule has 0 radical (unpaired) electrons. The minimum absolute atomic E-state index is 0.133. The molecule has 2 aromatic rings. The second-order valence-corrected chi connectivity index (χ2v) is 8.76. The summed E-state index contributed by atoms with van der Waals surface area (Å²) in [5.41, 5.74) is 1.85. The first-order valence-corrected chi connectivity index (χ1v) is 11.8. The third-order valence-corrected chi connectivity index (χ3v) is 6.44. The highest BCUT2D eigenvalue weighted by molar-refractivity contribution is 8.14. The van der Waals surface area contributed by atoms with E-state index in [0.29, 0.717) is 29.3 Å². The SMILES string of the molecule is COCCNC(=O)CSc1ccccc1C(=O)Nc1ccc(CN2C(=O)CSC2=O)cc1. The molecule has 1 saturated heterocycles. The second kappa shape index (κ2) is 11.7. The third kappa shape index (κ3) is 6.59. The number of hydrogen-bond donors (Lipinski definition) is 2. The van der Waals surface area contributed by atoms with E-state index in [0.717, 1.165) is 17.3 Å². The molecule has 1 aliphatic rings. The molecular weight excluding hydrogens is 450 g/mol. The van der Waals surface area contributed by atoms with Gasteiger partial charge in [-0.05, 0) is 29.8 Å². The van der Waals surface area contributed by atoms with Crippen molar-refractivity contribution in [3.05, 3.63) is 59.7 Å². The summed E-state index contributed by atoms with van der Waals surface area (Å²) in [7, 11) is 1.57. The van der Waals surface area contributed by atoms with E-state index in [1.165, 1.54) is 16.7 Å². The van der Waals surface area contributed by atoms with Gasteiger partial charge in [0.2, 0.25) is 11.8 Å². The summed E-state index contributed by atoms with van der Waals surface area (Å²) in [5.74, 6) is -0.249. The maximum Gasteiger partial charge on any atom is 0.289 e. The molecular formula is C22H23N3O5S2. The number of carbonyl (C=O) groups excluding carboxylic acids is 4. The van der Waals surface area contributed by atoms with Gasteiger partial charge in [0.25, 0.3) is 11.1 Å². The van der Waals surface area contributed by atoms with E-state index < -0.39 is 0 Å². The number of nitrogens with zero attached hydrogens (tertiary/aromatic N) is 1. The maximum absolute atomic E-state index is 12.8. The molecule has 8 nitrogen and oxygen atoms in total. The van der Waals surface area contributed by atoms with Gasteiger partial charge in [-0.15, -0.1) is 11.8 Å². The number of imide groups is 1. The Hall–Kier alpha value is -2.82. The molecule has 10 heteroatoms. The molecule has 2 N–H and O–H groups in total. The Bertz CT molecular complexity index is 981. The Kier molecular flexibility index (Phi) is 8.72. The summed E-state index contributed by atoms with van der Waals surface area (Å²) in [6, 6.07) is 14.1. The number of carbonyl (C=O) groups is 4. The third-order valence-electron chi connectivity index (χ3n) is 4.51. The van der Waals surface area contributed by atoms with Crippen molar-refractivity contribution in [3.8, 4) is 0 Å². The number of hydrogen-bond acceptors (Lipinski definition) is 7. The van der Waals surface area contributed by atoms with E-state index in [1.54, 1.807) is 49.6 Å². The zero-order chi connectivity index (χ0) is 22.9. The first-order valence-electron chi connectivity index (χ1n) is 9.83. The van der Waals surface area contributed by atoms with Gasteiger partial charge in [0.05, 0.1) is 30.2 Å². The minimum Gasteiger partial charge on any atom is -0.383 e. The van der Waals surface area contributed by atoms with Crippen LogP contribution in [0.4, 0.5) is 10.5 Å². The normalized spacial score (nSPS) is 13.3. The lowest BCUT2D eigenvalue weighted by molar-refractivity contribution is -0.125. The van der Waals surface area contributed by atoms with Crippen molar-refractivity contribution < 1.29 is 23.9 Å². The zero-order valence-corrected chi connectivity index (χ0v) is 19.1. The molecule has 1 fully saturated rings. The Morgan fingerprint density at radius 2 is 1.88 bits per heavy atom. The summed E-state index contributed by atoms with van der Waals surface area (Å²) in [5, 5.41) is 5.35. The summed E-state index contributed by atoms with van der Waals surface area (Å²) < 4.78 is 4.90. The number of thioether (sulfide) groups is 2. The van der Waals surface area contributed by atoms with Crippen LogP contribution in [0.3, 0.4) is 0 Å². The number of nitrogens with one attached hydrogen (secondary N) is 2. The predicted octanol–water partition coefficient (Wildman–Crippen LogP) is 2.99. The highest BCUT2D eigenvalue weighted by Gasteiger charge is 2.29. The van der Waals surface area contributed by atoms with Crippen molar-refractivity contribution in [2.24, 2.45) is 0 Å². The van der Waals surface area contributed by atoms with Crippen LogP contribution in [-0.4, -0.2) is 59.6 Å². The summed E-state index contributed by atoms with van der Waals surface area (Å²) in [6.07, 6.45) is 0. The molecule has 1 aliphatic heterocycles. The van der Waals surface area contributed by atoms with E-state index in [1.807, 2.05) is 6.07 Å². The Morgan fingerprint density at radius 1 is 1.12 bits per heavy atom. The van der Waals surface area contributed by atoms with Crippen molar-refractivity contribution >= 4 is 52.2 Å². The summed E-state index contributed by atoms with van der Waals surface area (Å²) >= 11 is 2.29. The summed E-state index contributed by atoms with van der Waals surface area (Å²) in [6.45, 7) is 1.09. The van der Waals surface area contributed by atoms with Crippen LogP contribution in [0.2, 0.25) is 0 Å². The van der Waals surface area contributed by atoms with Gasteiger partial charge in [-0.1, -0.05) is 36.0 Å². The summed E-state index contributed by atoms with van der Waals surface area (Å²) in [4.78, 5) is 50.1. The van der Waals surface area contributed by atoms with Crippen molar-refractivity contribution in [1.82, 2.24) is 10.2 Å². The van der Waals surface area contributed by atoms with Crippen molar-refractivity contribution in [1.29, 1.82) is 0 Å². The van der Waals surface area contributed by atoms with Crippen molar-refractivity contribution in [3.63, 3.8) is 0 Å². The van der Waals surface area contributed by atoms with Crippen LogP contribution in [0.5, 0.6) is 0 Å². The quantitative estimate of drug-likeness (QED) is 0.404. The van der Waals surface area contributed by atoms with E-state index in [9.17, 15) is 19.2 Å². The monoisotopic (exact) mass is 473 g/mol. The van der Waals surface area contributed by atoms with Gasteiger partial charge in [-0.2, -0.15) is 0 Å². The zero-order valence-electron chi connectivity index (χ0n) is 17.5. The molecule has 4 amide bonds. The number of ether oxygens (including phenoxy) is 1. The maximum atomic E-state index is 12.8. The van der Waals surface area contributed by atoms with E-state index in [-0.39, 0.29) is 41.0 Å². The highest BCUT2D eigenvalue weighted by atomic mass is 32.2. The fourth-order valence-electron chi connectivity index (χ4n) is 2.88. The van der Waals surface area contributed by atoms with Gasteiger partial charge in [0, 0.05) is 24.2 Å². The van der Waals surface area contributed by atoms with Crippen molar-refractivity contribution in [2.45, 2.75) is 11.4 Å². The molecule has 0 bridgehead atoms.